The average molecular weight is 335 g/mol. The van der Waals surface area contributed by atoms with E-state index < -0.39 is 12.1 Å². The van der Waals surface area contributed by atoms with E-state index in [1.165, 1.54) is 0 Å². The van der Waals surface area contributed by atoms with E-state index in [9.17, 15) is 9.90 Å². The molecule has 2 atom stereocenters. The van der Waals surface area contributed by atoms with Gasteiger partial charge in [-0.15, -0.1) is 12.4 Å². The van der Waals surface area contributed by atoms with Gasteiger partial charge in [0.1, 0.15) is 0 Å². The van der Waals surface area contributed by atoms with Crippen LogP contribution in [0.4, 0.5) is 0 Å². The van der Waals surface area contributed by atoms with Crippen molar-refractivity contribution >= 4 is 18.3 Å². The second kappa shape index (κ2) is 9.30. The number of carbonyl (C=O) groups is 1. The number of carbonyl (C=O) groups excluding carboxylic acids is 1. The summed E-state index contributed by atoms with van der Waals surface area (Å²) in [6, 6.07) is 16.7. The molecule has 1 amide bonds. The monoisotopic (exact) mass is 334 g/mol. The molecule has 0 aliphatic rings. The Hall–Kier alpha value is -1.88. The molecule has 5 heteroatoms. The van der Waals surface area contributed by atoms with Gasteiger partial charge in [-0.1, -0.05) is 54.6 Å². The molecule has 0 heterocycles. The third-order valence-corrected chi connectivity index (χ3v) is 3.56. The third kappa shape index (κ3) is 6.02. The van der Waals surface area contributed by atoms with Crippen molar-refractivity contribution in [2.24, 2.45) is 5.73 Å². The summed E-state index contributed by atoms with van der Waals surface area (Å²) in [6.07, 6.45) is 0.0381. The van der Waals surface area contributed by atoms with Crippen LogP contribution in [0.5, 0.6) is 0 Å². The predicted octanol–water partition coefficient (Wildman–Crippen LogP) is 2.35. The van der Waals surface area contributed by atoms with E-state index in [2.05, 4.69) is 5.32 Å². The Labute approximate surface area is 143 Å². The number of aliphatic hydroxyl groups is 1. The van der Waals surface area contributed by atoms with Gasteiger partial charge in [-0.25, -0.2) is 0 Å². The van der Waals surface area contributed by atoms with Gasteiger partial charge in [0.15, 0.2) is 0 Å². The number of halogens is 1. The van der Waals surface area contributed by atoms with Crippen molar-refractivity contribution in [3.05, 3.63) is 71.3 Å². The van der Waals surface area contributed by atoms with E-state index in [1.54, 1.807) is 6.92 Å². The summed E-state index contributed by atoms with van der Waals surface area (Å²) >= 11 is 0. The minimum atomic E-state index is -0.556. The summed E-state index contributed by atoms with van der Waals surface area (Å²) in [5.74, 6) is -0.163. The van der Waals surface area contributed by atoms with Gasteiger partial charge in [-0.2, -0.15) is 0 Å². The summed E-state index contributed by atoms with van der Waals surface area (Å²) in [6.45, 7) is 2.15. The number of amides is 1. The number of nitrogens with two attached hydrogens (primary N) is 1. The Morgan fingerprint density at radius 1 is 1.09 bits per heavy atom. The first-order valence-electron chi connectivity index (χ1n) is 7.40. The van der Waals surface area contributed by atoms with E-state index >= 15 is 0 Å². The maximum atomic E-state index is 12.0. The molecule has 2 rings (SSSR count). The zero-order valence-corrected chi connectivity index (χ0v) is 13.9. The first-order chi connectivity index (χ1) is 10.6. The highest BCUT2D eigenvalue weighted by Gasteiger charge is 2.13. The van der Waals surface area contributed by atoms with E-state index in [4.69, 9.17) is 5.73 Å². The average Bonchev–Trinajstić information content (AvgIpc) is 2.53. The first-order valence-corrected chi connectivity index (χ1v) is 7.40. The molecule has 0 aliphatic heterocycles. The van der Waals surface area contributed by atoms with Gasteiger partial charge in [0.25, 0.3) is 0 Å². The van der Waals surface area contributed by atoms with Crippen LogP contribution < -0.4 is 11.1 Å². The lowest BCUT2D eigenvalue weighted by Crippen LogP contribution is -2.41. The van der Waals surface area contributed by atoms with Gasteiger partial charge in [-0.05, 0) is 30.0 Å². The van der Waals surface area contributed by atoms with Crippen molar-refractivity contribution in [3.8, 4) is 0 Å². The molecule has 0 fully saturated rings. The van der Waals surface area contributed by atoms with E-state index in [0.29, 0.717) is 13.0 Å². The SMILES string of the molecule is CC(O)c1ccc(CNC(=O)[C@@H](N)Cc2ccccc2)cc1.Cl. The van der Waals surface area contributed by atoms with Crippen molar-refractivity contribution in [3.63, 3.8) is 0 Å². The fraction of sp³-hybridized carbons (Fsp3) is 0.278. The zero-order chi connectivity index (χ0) is 15.9. The molecule has 2 aromatic rings. The van der Waals surface area contributed by atoms with Crippen molar-refractivity contribution in [1.82, 2.24) is 5.32 Å². The minimum Gasteiger partial charge on any atom is -0.389 e. The Balaban J connectivity index is 0.00000264. The van der Waals surface area contributed by atoms with Crippen LogP contribution in [0.2, 0.25) is 0 Å². The summed E-state index contributed by atoms with van der Waals surface area (Å²) < 4.78 is 0. The number of rotatable bonds is 6. The number of aliphatic hydroxyl groups excluding tert-OH is 1. The summed E-state index contributed by atoms with van der Waals surface area (Å²) in [4.78, 5) is 12.0. The van der Waals surface area contributed by atoms with Crippen LogP contribution in [0, 0.1) is 0 Å². The standard InChI is InChI=1S/C18H22N2O2.ClH/c1-13(21)16-9-7-15(8-10-16)12-20-18(22)17(19)11-14-5-3-2-4-6-14;/h2-10,13,17,21H,11-12,19H2,1H3,(H,20,22);1H/t13?,17-;/m0./s1. The molecular formula is C18H23ClN2O2. The van der Waals surface area contributed by atoms with Crippen LogP contribution in [0.25, 0.3) is 0 Å². The van der Waals surface area contributed by atoms with Crippen molar-refractivity contribution in [2.45, 2.75) is 32.0 Å². The van der Waals surface area contributed by atoms with E-state index in [0.717, 1.165) is 16.7 Å². The molecule has 1 unspecified atom stereocenters. The molecule has 124 valence electrons. The Bertz CT molecular complexity index is 600. The van der Waals surface area contributed by atoms with Crippen molar-refractivity contribution < 1.29 is 9.90 Å². The number of hydrogen-bond acceptors (Lipinski definition) is 3. The maximum absolute atomic E-state index is 12.0. The van der Waals surface area contributed by atoms with E-state index in [1.807, 2.05) is 54.6 Å². The fourth-order valence-electron chi connectivity index (χ4n) is 2.20. The second-order valence-electron chi connectivity index (χ2n) is 5.43. The number of benzene rings is 2. The molecule has 0 saturated heterocycles. The normalized spacial score (nSPS) is 12.8. The summed E-state index contributed by atoms with van der Waals surface area (Å²) in [7, 11) is 0. The molecule has 23 heavy (non-hydrogen) atoms. The lowest BCUT2D eigenvalue weighted by molar-refractivity contribution is -0.122. The van der Waals surface area contributed by atoms with Crippen LogP contribution in [-0.2, 0) is 17.8 Å². The zero-order valence-electron chi connectivity index (χ0n) is 13.1. The van der Waals surface area contributed by atoms with Gasteiger partial charge in [0.2, 0.25) is 5.91 Å². The van der Waals surface area contributed by atoms with Crippen LogP contribution in [-0.4, -0.2) is 17.1 Å². The predicted molar refractivity (Wildman–Crippen MR) is 94.3 cm³/mol. The van der Waals surface area contributed by atoms with Crippen molar-refractivity contribution in [1.29, 1.82) is 0 Å². The second-order valence-corrected chi connectivity index (χ2v) is 5.43. The highest BCUT2D eigenvalue weighted by atomic mass is 35.5. The van der Waals surface area contributed by atoms with Crippen LogP contribution in [0.1, 0.15) is 29.7 Å². The number of hydrogen-bond donors (Lipinski definition) is 3. The van der Waals surface area contributed by atoms with E-state index in [-0.39, 0.29) is 18.3 Å². The summed E-state index contributed by atoms with van der Waals surface area (Å²) in [5.41, 5.74) is 8.81. The number of nitrogens with one attached hydrogen (secondary N) is 1. The van der Waals surface area contributed by atoms with Crippen LogP contribution >= 0.6 is 12.4 Å². The highest BCUT2D eigenvalue weighted by molar-refractivity contribution is 5.85. The van der Waals surface area contributed by atoms with Crippen LogP contribution in [0.3, 0.4) is 0 Å². The third-order valence-electron chi connectivity index (χ3n) is 3.56. The van der Waals surface area contributed by atoms with Gasteiger partial charge < -0.3 is 16.2 Å². The molecular weight excluding hydrogens is 312 g/mol. The molecule has 0 radical (unpaired) electrons. The Morgan fingerprint density at radius 2 is 1.70 bits per heavy atom. The molecule has 0 aliphatic carbocycles. The van der Waals surface area contributed by atoms with Gasteiger partial charge in [0, 0.05) is 6.54 Å². The lowest BCUT2D eigenvalue weighted by atomic mass is 10.1. The van der Waals surface area contributed by atoms with Gasteiger partial charge in [-0.3, -0.25) is 4.79 Å². The molecule has 0 bridgehead atoms. The Morgan fingerprint density at radius 3 is 2.26 bits per heavy atom. The Kier molecular flexibility index (Phi) is 7.75. The lowest BCUT2D eigenvalue weighted by Gasteiger charge is -2.13. The molecule has 0 spiro atoms. The van der Waals surface area contributed by atoms with Crippen LogP contribution in [0.15, 0.2) is 54.6 Å². The fourth-order valence-corrected chi connectivity index (χ4v) is 2.20. The first kappa shape index (κ1) is 19.2. The summed E-state index contributed by atoms with van der Waals surface area (Å²) in [5, 5.41) is 12.3. The highest BCUT2D eigenvalue weighted by Crippen LogP contribution is 2.12. The topological polar surface area (TPSA) is 75.3 Å². The quantitative estimate of drug-likeness (QED) is 0.759. The molecule has 0 aromatic heterocycles. The smallest absolute Gasteiger partial charge is 0.237 e. The molecule has 4 N–H and O–H groups in total. The maximum Gasteiger partial charge on any atom is 0.237 e. The van der Waals surface area contributed by atoms with Gasteiger partial charge in [0.05, 0.1) is 12.1 Å². The minimum absolute atomic E-state index is 0. The molecule has 0 saturated carbocycles. The molecule has 2 aromatic carbocycles. The van der Waals surface area contributed by atoms with Crippen molar-refractivity contribution in [2.75, 3.05) is 0 Å². The molecule has 4 nitrogen and oxygen atoms in total. The van der Waals surface area contributed by atoms with Gasteiger partial charge >= 0.3 is 0 Å². The largest absolute Gasteiger partial charge is 0.389 e.